The smallest absolute Gasteiger partial charge is 0.169 e. The summed E-state index contributed by atoms with van der Waals surface area (Å²) in [4.78, 5) is 15.7. The summed E-state index contributed by atoms with van der Waals surface area (Å²) in [5.74, 6) is 0.267. The number of hydrogen-bond donors (Lipinski definition) is 0. The van der Waals surface area contributed by atoms with Gasteiger partial charge in [0.1, 0.15) is 0 Å². The molecule has 26 heavy (non-hydrogen) atoms. The Morgan fingerprint density at radius 3 is 2.23 bits per heavy atom. The largest absolute Gasteiger partial charge is 0.294 e. The van der Waals surface area contributed by atoms with Crippen molar-refractivity contribution in [1.29, 1.82) is 0 Å². The number of likely N-dealkylation sites (tertiary alicyclic amines) is 1. The molecule has 1 saturated heterocycles. The molecular weight excluding hydrogens is 318 g/mol. The van der Waals surface area contributed by atoms with Crippen molar-refractivity contribution in [2.24, 2.45) is 5.92 Å². The number of ketones is 1. The van der Waals surface area contributed by atoms with Crippen molar-refractivity contribution in [3.05, 3.63) is 83.9 Å². The molecule has 1 aliphatic heterocycles. The fraction of sp³-hybridized carbons (Fsp3) is 0.292. The van der Waals surface area contributed by atoms with Gasteiger partial charge in [0.05, 0.1) is 5.92 Å². The number of nitrogens with zero attached hydrogens (tertiary/aromatic N) is 1. The van der Waals surface area contributed by atoms with E-state index in [0.717, 1.165) is 17.5 Å². The van der Waals surface area contributed by atoms with Gasteiger partial charge in [-0.05, 0) is 43.2 Å². The van der Waals surface area contributed by atoms with E-state index in [2.05, 4.69) is 68.1 Å². The van der Waals surface area contributed by atoms with Gasteiger partial charge in [-0.25, -0.2) is 0 Å². The van der Waals surface area contributed by atoms with Gasteiger partial charge in [0.15, 0.2) is 5.78 Å². The molecule has 0 bridgehead atoms. The minimum Gasteiger partial charge on any atom is -0.294 e. The molecule has 0 aromatic heterocycles. The monoisotopic (exact) mass is 343 g/mol. The molecule has 0 aliphatic carbocycles. The Morgan fingerprint density at radius 1 is 0.885 bits per heavy atom. The van der Waals surface area contributed by atoms with Gasteiger partial charge >= 0.3 is 0 Å². The molecule has 2 unspecified atom stereocenters. The fourth-order valence-electron chi connectivity index (χ4n) is 4.04. The first-order chi connectivity index (χ1) is 12.4. The average Bonchev–Trinajstić information content (AvgIpc) is 2.60. The number of Topliss-reactive ketones (excluding diaryl/α,β-unsaturated/α-hetero) is 1. The molecule has 0 radical (unpaired) electrons. The lowest BCUT2D eigenvalue weighted by Gasteiger charge is -2.54. The van der Waals surface area contributed by atoms with Gasteiger partial charge in [-0.2, -0.15) is 0 Å². The van der Waals surface area contributed by atoms with E-state index in [4.69, 9.17) is 0 Å². The van der Waals surface area contributed by atoms with E-state index >= 15 is 0 Å². The quantitative estimate of drug-likeness (QED) is 0.586. The second kappa shape index (κ2) is 6.37. The van der Waals surface area contributed by atoms with Crippen LogP contribution in [0.5, 0.6) is 0 Å². The minimum absolute atomic E-state index is 0.0118. The van der Waals surface area contributed by atoms with Gasteiger partial charge in [0.25, 0.3) is 0 Å². The van der Waals surface area contributed by atoms with E-state index in [1.165, 1.54) is 10.9 Å². The van der Waals surface area contributed by atoms with Crippen molar-refractivity contribution in [2.45, 2.75) is 32.4 Å². The second-order valence-electron chi connectivity index (χ2n) is 8.21. The Balaban J connectivity index is 1.68. The summed E-state index contributed by atoms with van der Waals surface area (Å²) in [7, 11) is 0. The minimum atomic E-state index is 0.0118. The highest BCUT2D eigenvalue weighted by atomic mass is 16.1. The molecule has 132 valence electrons. The van der Waals surface area contributed by atoms with Gasteiger partial charge in [0.2, 0.25) is 0 Å². The summed E-state index contributed by atoms with van der Waals surface area (Å²) < 4.78 is 0. The van der Waals surface area contributed by atoms with Gasteiger partial charge in [-0.3, -0.25) is 9.69 Å². The Morgan fingerprint density at radius 2 is 1.54 bits per heavy atom. The molecule has 1 aliphatic rings. The lowest BCUT2D eigenvalue weighted by Crippen LogP contribution is -2.60. The molecule has 2 heteroatoms. The molecule has 0 amide bonds. The van der Waals surface area contributed by atoms with Crippen LogP contribution in [0.25, 0.3) is 10.8 Å². The summed E-state index contributed by atoms with van der Waals surface area (Å²) in [6, 6.07) is 24.9. The zero-order valence-corrected chi connectivity index (χ0v) is 15.6. The van der Waals surface area contributed by atoms with E-state index in [0.29, 0.717) is 0 Å². The van der Waals surface area contributed by atoms with E-state index in [9.17, 15) is 4.79 Å². The SMILES string of the molecule is CC(C)(C)N1CC(C(=O)c2ccc3ccccc3c2)C1c1ccccc1. The molecule has 3 aromatic rings. The Hall–Kier alpha value is -2.45. The Labute approximate surface area is 155 Å². The zero-order valence-electron chi connectivity index (χ0n) is 15.6. The van der Waals surface area contributed by atoms with Crippen molar-refractivity contribution >= 4 is 16.6 Å². The molecule has 0 spiro atoms. The molecule has 1 heterocycles. The van der Waals surface area contributed by atoms with Crippen LogP contribution in [-0.2, 0) is 0 Å². The van der Waals surface area contributed by atoms with Gasteiger partial charge in [-0.15, -0.1) is 0 Å². The number of benzene rings is 3. The third-order valence-electron chi connectivity index (χ3n) is 5.48. The van der Waals surface area contributed by atoms with Crippen molar-refractivity contribution in [2.75, 3.05) is 6.54 Å². The van der Waals surface area contributed by atoms with E-state index in [1.54, 1.807) is 0 Å². The Bertz CT molecular complexity index is 939. The lowest BCUT2D eigenvalue weighted by atomic mass is 9.75. The van der Waals surface area contributed by atoms with Gasteiger partial charge in [-0.1, -0.05) is 66.7 Å². The molecule has 2 atom stereocenters. The van der Waals surface area contributed by atoms with E-state index in [-0.39, 0.29) is 23.3 Å². The summed E-state index contributed by atoms with van der Waals surface area (Å²) in [5.41, 5.74) is 2.09. The van der Waals surface area contributed by atoms with Gasteiger partial charge in [0, 0.05) is 23.7 Å². The molecule has 3 aromatic carbocycles. The maximum Gasteiger partial charge on any atom is 0.169 e. The fourth-order valence-corrected chi connectivity index (χ4v) is 4.04. The molecule has 2 nitrogen and oxygen atoms in total. The van der Waals surface area contributed by atoms with Crippen molar-refractivity contribution in [1.82, 2.24) is 4.90 Å². The van der Waals surface area contributed by atoms with E-state index in [1.807, 2.05) is 30.3 Å². The summed E-state index contributed by atoms with van der Waals surface area (Å²) in [5, 5.41) is 2.30. The summed E-state index contributed by atoms with van der Waals surface area (Å²) in [6.45, 7) is 7.48. The van der Waals surface area contributed by atoms with Crippen LogP contribution >= 0.6 is 0 Å². The third-order valence-corrected chi connectivity index (χ3v) is 5.48. The van der Waals surface area contributed by atoms with E-state index < -0.39 is 0 Å². The molecular formula is C24H25NO. The lowest BCUT2D eigenvalue weighted by molar-refractivity contribution is -0.0434. The predicted molar refractivity (Wildman–Crippen MR) is 107 cm³/mol. The van der Waals surface area contributed by atoms with Crippen LogP contribution in [0.1, 0.15) is 42.7 Å². The van der Waals surface area contributed by atoms with Gasteiger partial charge < -0.3 is 0 Å². The average molecular weight is 343 g/mol. The zero-order chi connectivity index (χ0) is 18.3. The van der Waals surface area contributed by atoms with Crippen LogP contribution in [0.3, 0.4) is 0 Å². The maximum absolute atomic E-state index is 13.3. The molecule has 0 saturated carbocycles. The normalized spacial score (nSPS) is 20.7. The highest BCUT2D eigenvalue weighted by Crippen LogP contribution is 2.45. The first-order valence-electron chi connectivity index (χ1n) is 9.30. The number of fused-ring (bicyclic) bond motifs is 1. The first-order valence-corrected chi connectivity index (χ1v) is 9.30. The van der Waals surface area contributed by atoms with Crippen molar-refractivity contribution < 1.29 is 4.79 Å². The standard InChI is InChI=1S/C24H25NO/c1-24(2,3)25-16-21(22(25)18-10-5-4-6-11-18)23(26)20-14-13-17-9-7-8-12-19(17)15-20/h4-15,21-22H,16H2,1-3H3. The number of carbonyl (C=O) groups excluding carboxylic acids is 1. The summed E-state index contributed by atoms with van der Waals surface area (Å²) in [6.07, 6.45) is 0. The van der Waals surface area contributed by atoms with Crippen LogP contribution in [0.15, 0.2) is 72.8 Å². The number of carbonyl (C=O) groups is 1. The first kappa shape index (κ1) is 17.0. The van der Waals surface area contributed by atoms with Crippen LogP contribution in [0.4, 0.5) is 0 Å². The summed E-state index contributed by atoms with van der Waals surface area (Å²) >= 11 is 0. The van der Waals surface area contributed by atoms with Crippen molar-refractivity contribution in [3.8, 4) is 0 Å². The number of rotatable bonds is 3. The van der Waals surface area contributed by atoms with Crippen molar-refractivity contribution in [3.63, 3.8) is 0 Å². The molecule has 4 rings (SSSR count). The number of hydrogen-bond acceptors (Lipinski definition) is 2. The molecule has 1 fully saturated rings. The Kier molecular flexibility index (Phi) is 4.16. The van der Waals surface area contributed by atoms with Crippen LogP contribution < -0.4 is 0 Å². The topological polar surface area (TPSA) is 20.3 Å². The highest BCUT2D eigenvalue weighted by Gasteiger charge is 2.48. The van der Waals surface area contributed by atoms with Crippen LogP contribution in [0, 0.1) is 5.92 Å². The van der Waals surface area contributed by atoms with Crippen LogP contribution in [-0.4, -0.2) is 22.8 Å². The highest BCUT2D eigenvalue weighted by molar-refractivity contribution is 6.02. The van der Waals surface area contributed by atoms with Crippen LogP contribution in [0.2, 0.25) is 0 Å². The molecule has 0 N–H and O–H groups in total. The maximum atomic E-state index is 13.3. The third kappa shape index (κ3) is 2.95. The second-order valence-corrected chi connectivity index (χ2v) is 8.21. The predicted octanol–water partition coefficient (Wildman–Crippen LogP) is 5.49.